The van der Waals surface area contributed by atoms with Gasteiger partial charge in [0.05, 0.1) is 6.20 Å². The van der Waals surface area contributed by atoms with Crippen molar-refractivity contribution in [2.75, 3.05) is 5.32 Å². The van der Waals surface area contributed by atoms with E-state index >= 15 is 0 Å². The van der Waals surface area contributed by atoms with Crippen LogP contribution in [0.15, 0.2) is 42.6 Å². The van der Waals surface area contributed by atoms with Crippen LogP contribution in [0.3, 0.4) is 0 Å². The van der Waals surface area contributed by atoms with Crippen LogP contribution >= 0.6 is 0 Å². The molecule has 1 N–H and O–H groups in total. The lowest BCUT2D eigenvalue weighted by Gasteiger charge is -2.01. The maximum Gasteiger partial charge on any atom is 0.243 e. The Morgan fingerprint density at radius 2 is 2.00 bits per heavy atom. The molecule has 0 atom stereocenters. The summed E-state index contributed by atoms with van der Waals surface area (Å²) >= 11 is 0. The first kappa shape index (κ1) is 11.6. The fourth-order valence-electron chi connectivity index (χ4n) is 1.76. The number of rotatable bonds is 3. The monoisotopic (exact) mass is 260 g/mol. The van der Waals surface area contributed by atoms with Gasteiger partial charge in [-0.15, -0.1) is 5.10 Å². The van der Waals surface area contributed by atoms with E-state index in [-0.39, 0.29) is 11.6 Å². The molecule has 0 fully saturated rings. The van der Waals surface area contributed by atoms with Crippen molar-refractivity contribution in [1.29, 1.82) is 0 Å². The standard InChI is InChI=1S/C13H10F2N4/c14-10-3-1-2-9(6-10)7-16-13-17-12-5-4-11(15)8-19(12)18-13/h1-6,8H,7H2,(H,16,18). The molecule has 0 spiro atoms. The number of pyridine rings is 1. The molecule has 0 saturated heterocycles. The van der Waals surface area contributed by atoms with Crippen molar-refractivity contribution in [3.05, 3.63) is 59.8 Å². The Morgan fingerprint density at radius 1 is 1.11 bits per heavy atom. The Hall–Kier alpha value is -2.50. The van der Waals surface area contributed by atoms with Crippen LogP contribution in [0.2, 0.25) is 0 Å². The molecule has 0 unspecified atom stereocenters. The maximum absolute atomic E-state index is 13.0. The van der Waals surface area contributed by atoms with Gasteiger partial charge in [-0.1, -0.05) is 12.1 Å². The van der Waals surface area contributed by atoms with Crippen molar-refractivity contribution < 1.29 is 8.78 Å². The SMILES string of the molecule is Fc1cccc(CNc2nc3ccc(F)cn3n2)c1. The van der Waals surface area contributed by atoms with Gasteiger partial charge in [0.2, 0.25) is 5.95 Å². The van der Waals surface area contributed by atoms with E-state index in [1.807, 2.05) is 0 Å². The minimum absolute atomic E-state index is 0.288. The second-order valence-electron chi connectivity index (χ2n) is 4.07. The third-order valence-electron chi connectivity index (χ3n) is 2.63. The number of fused-ring (bicyclic) bond motifs is 1. The Morgan fingerprint density at radius 3 is 2.84 bits per heavy atom. The minimum Gasteiger partial charge on any atom is -0.349 e. The van der Waals surface area contributed by atoms with E-state index in [0.717, 1.165) is 5.56 Å². The van der Waals surface area contributed by atoms with Gasteiger partial charge < -0.3 is 5.32 Å². The van der Waals surface area contributed by atoms with Crippen LogP contribution in [0.5, 0.6) is 0 Å². The number of hydrogen-bond donors (Lipinski definition) is 1. The van der Waals surface area contributed by atoms with Gasteiger partial charge >= 0.3 is 0 Å². The Balaban J connectivity index is 1.78. The van der Waals surface area contributed by atoms with Crippen LogP contribution in [0.25, 0.3) is 5.65 Å². The first-order valence-electron chi connectivity index (χ1n) is 5.71. The van der Waals surface area contributed by atoms with Crippen molar-refractivity contribution in [3.8, 4) is 0 Å². The van der Waals surface area contributed by atoms with Gasteiger partial charge in [-0.05, 0) is 29.8 Å². The largest absolute Gasteiger partial charge is 0.349 e. The number of halogens is 2. The first-order valence-corrected chi connectivity index (χ1v) is 5.71. The molecule has 0 radical (unpaired) electrons. The molecule has 3 rings (SSSR count). The van der Waals surface area contributed by atoms with Crippen molar-refractivity contribution in [1.82, 2.24) is 14.6 Å². The molecule has 0 aliphatic carbocycles. The van der Waals surface area contributed by atoms with E-state index in [4.69, 9.17) is 0 Å². The van der Waals surface area contributed by atoms with Crippen LogP contribution < -0.4 is 5.32 Å². The van der Waals surface area contributed by atoms with E-state index in [1.54, 1.807) is 12.1 Å². The summed E-state index contributed by atoms with van der Waals surface area (Å²) in [5, 5.41) is 7.04. The molecule has 2 heterocycles. The highest BCUT2D eigenvalue weighted by Gasteiger charge is 2.04. The average Bonchev–Trinajstić information content (AvgIpc) is 2.78. The minimum atomic E-state index is -0.380. The van der Waals surface area contributed by atoms with Gasteiger partial charge in [0, 0.05) is 6.54 Å². The average molecular weight is 260 g/mol. The Labute approximate surface area is 107 Å². The van der Waals surface area contributed by atoms with Crippen LogP contribution in [0.1, 0.15) is 5.56 Å². The van der Waals surface area contributed by atoms with Gasteiger partial charge in [-0.3, -0.25) is 0 Å². The van der Waals surface area contributed by atoms with Crippen LogP contribution in [0, 0.1) is 11.6 Å². The topological polar surface area (TPSA) is 42.2 Å². The summed E-state index contributed by atoms with van der Waals surface area (Å²) in [5.41, 5.74) is 1.33. The van der Waals surface area contributed by atoms with Crippen molar-refractivity contribution in [3.63, 3.8) is 0 Å². The lowest BCUT2D eigenvalue weighted by atomic mass is 10.2. The third kappa shape index (κ3) is 2.52. The Kier molecular flexibility index (Phi) is 2.83. The lowest BCUT2D eigenvalue weighted by Crippen LogP contribution is -2.01. The zero-order valence-electron chi connectivity index (χ0n) is 9.85. The summed E-state index contributed by atoms with van der Waals surface area (Å²) in [4.78, 5) is 4.17. The molecule has 2 aromatic heterocycles. The molecule has 0 saturated carbocycles. The van der Waals surface area contributed by atoms with Crippen LogP contribution in [-0.4, -0.2) is 14.6 Å². The summed E-state index contributed by atoms with van der Waals surface area (Å²) in [6.45, 7) is 0.400. The number of nitrogens with one attached hydrogen (secondary N) is 1. The highest BCUT2D eigenvalue weighted by atomic mass is 19.1. The third-order valence-corrected chi connectivity index (χ3v) is 2.63. The van der Waals surface area contributed by atoms with Crippen LogP contribution in [0.4, 0.5) is 14.7 Å². The molecular weight excluding hydrogens is 250 g/mol. The molecule has 3 aromatic rings. The first-order chi connectivity index (χ1) is 9.20. The fraction of sp³-hybridized carbons (Fsp3) is 0.0769. The number of hydrogen-bond acceptors (Lipinski definition) is 3. The zero-order valence-corrected chi connectivity index (χ0v) is 9.85. The second-order valence-corrected chi connectivity index (χ2v) is 4.07. The number of nitrogens with zero attached hydrogens (tertiary/aromatic N) is 3. The quantitative estimate of drug-likeness (QED) is 0.787. The van der Waals surface area contributed by atoms with Crippen molar-refractivity contribution in [2.24, 2.45) is 0 Å². The van der Waals surface area contributed by atoms with Gasteiger partial charge in [0.25, 0.3) is 0 Å². The van der Waals surface area contributed by atoms with Gasteiger partial charge in [-0.2, -0.15) is 4.98 Å². The fourth-order valence-corrected chi connectivity index (χ4v) is 1.76. The molecule has 96 valence electrons. The van der Waals surface area contributed by atoms with E-state index in [9.17, 15) is 8.78 Å². The molecule has 0 aliphatic rings. The second kappa shape index (κ2) is 4.64. The summed E-state index contributed by atoms with van der Waals surface area (Å²) in [5.74, 6) is -0.298. The molecule has 6 heteroatoms. The van der Waals surface area contributed by atoms with Gasteiger partial charge in [-0.25, -0.2) is 13.3 Å². The molecule has 0 amide bonds. The summed E-state index contributed by atoms with van der Waals surface area (Å²) < 4.78 is 27.3. The predicted molar refractivity (Wildman–Crippen MR) is 66.7 cm³/mol. The zero-order chi connectivity index (χ0) is 13.2. The van der Waals surface area contributed by atoms with Crippen molar-refractivity contribution in [2.45, 2.75) is 6.54 Å². The van der Waals surface area contributed by atoms with E-state index in [0.29, 0.717) is 18.1 Å². The van der Waals surface area contributed by atoms with Gasteiger partial charge in [0.1, 0.15) is 11.6 Å². The highest BCUT2D eigenvalue weighted by molar-refractivity contribution is 5.43. The molecule has 19 heavy (non-hydrogen) atoms. The van der Waals surface area contributed by atoms with Crippen LogP contribution in [-0.2, 0) is 6.54 Å². The number of benzene rings is 1. The van der Waals surface area contributed by atoms with E-state index in [1.165, 1.54) is 35.0 Å². The molecular formula is C13H10F2N4. The summed E-state index contributed by atoms with van der Waals surface area (Å²) in [7, 11) is 0. The summed E-state index contributed by atoms with van der Waals surface area (Å²) in [6, 6.07) is 9.11. The normalized spacial score (nSPS) is 10.8. The molecule has 0 bridgehead atoms. The Bertz CT molecular complexity index is 723. The predicted octanol–water partition coefficient (Wildman–Crippen LogP) is 2.62. The number of anilines is 1. The summed E-state index contributed by atoms with van der Waals surface area (Å²) in [6.07, 6.45) is 1.25. The van der Waals surface area contributed by atoms with E-state index < -0.39 is 0 Å². The lowest BCUT2D eigenvalue weighted by molar-refractivity contribution is 0.614. The molecule has 1 aromatic carbocycles. The smallest absolute Gasteiger partial charge is 0.243 e. The highest BCUT2D eigenvalue weighted by Crippen LogP contribution is 2.09. The molecule has 0 aliphatic heterocycles. The maximum atomic E-state index is 13.0. The molecule has 4 nitrogen and oxygen atoms in total. The van der Waals surface area contributed by atoms with E-state index in [2.05, 4.69) is 15.4 Å². The number of aromatic nitrogens is 3. The van der Waals surface area contributed by atoms with Crippen molar-refractivity contribution >= 4 is 11.6 Å². The van der Waals surface area contributed by atoms with Gasteiger partial charge in [0.15, 0.2) is 5.65 Å².